The van der Waals surface area contributed by atoms with Crippen molar-refractivity contribution in [1.82, 2.24) is 5.43 Å². The van der Waals surface area contributed by atoms with Crippen molar-refractivity contribution in [2.75, 3.05) is 6.61 Å². The lowest BCUT2D eigenvalue weighted by Crippen LogP contribution is -2.24. The molecule has 0 spiro atoms. The molecule has 2 aromatic carbocycles. The van der Waals surface area contributed by atoms with E-state index in [-0.39, 0.29) is 12.5 Å². The topological polar surface area (TPSA) is 50.7 Å². The van der Waals surface area contributed by atoms with Crippen molar-refractivity contribution in [1.29, 1.82) is 0 Å². The molecule has 0 bridgehead atoms. The molecule has 0 saturated heterocycles. The molecule has 4 heteroatoms. The van der Waals surface area contributed by atoms with Gasteiger partial charge in [0.1, 0.15) is 5.75 Å². The van der Waals surface area contributed by atoms with Gasteiger partial charge in [-0.25, -0.2) is 5.43 Å². The Bertz CT molecular complexity index is 831. The predicted octanol–water partition coefficient (Wildman–Crippen LogP) is 5.53. The summed E-state index contributed by atoms with van der Waals surface area (Å²) in [6.07, 6.45) is 7.71. The van der Waals surface area contributed by atoms with E-state index in [0.717, 1.165) is 24.0 Å². The van der Waals surface area contributed by atoms with Crippen molar-refractivity contribution in [3.63, 3.8) is 0 Å². The first-order chi connectivity index (χ1) is 13.5. The minimum absolute atomic E-state index is 0.0781. The quantitative estimate of drug-likeness (QED) is 0.355. The van der Waals surface area contributed by atoms with Gasteiger partial charge in [-0.1, -0.05) is 59.7 Å². The summed E-state index contributed by atoms with van der Waals surface area (Å²) in [5.41, 5.74) is 7.25. The Balaban J connectivity index is 1.73. The van der Waals surface area contributed by atoms with Crippen LogP contribution in [0.25, 0.3) is 11.1 Å². The molecule has 0 radical (unpaired) electrons. The van der Waals surface area contributed by atoms with Gasteiger partial charge in [0.25, 0.3) is 5.91 Å². The summed E-state index contributed by atoms with van der Waals surface area (Å²) in [7, 11) is 0. The fourth-order valence-electron chi connectivity index (χ4n) is 2.50. The van der Waals surface area contributed by atoms with Crippen molar-refractivity contribution in [3.05, 3.63) is 77.9 Å². The number of benzene rings is 2. The number of nitrogens with one attached hydrogen (secondary N) is 1. The molecular weight excluding hydrogens is 348 g/mol. The molecule has 0 aliphatic heterocycles. The molecule has 1 N–H and O–H groups in total. The van der Waals surface area contributed by atoms with Gasteiger partial charge in [-0.05, 0) is 62.9 Å². The van der Waals surface area contributed by atoms with Gasteiger partial charge in [0.05, 0.1) is 0 Å². The van der Waals surface area contributed by atoms with E-state index in [1.165, 1.54) is 11.1 Å². The van der Waals surface area contributed by atoms with Crippen LogP contribution in [0.3, 0.4) is 0 Å². The molecule has 0 fully saturated rings. The van der Waals surface area contributed by atoms with E-state index >= 15 is 0 Å². The Kier molecular flexibility index (Phi) is 8.73. The summed E-state index contributed by atoms with van der Waals surface area (Å²) >= 11 is 0. The normalized spacial score (nSPS) is 11.3. The Hall–Kier alpha value is -3.14. The number of hydrogen-bond donors (Lipinski definition) is 1. The molecule has 4 nitrogen and oxygen atoms in total. The van der Waals surface area contributed by atoms with Crippen molar-refractivity contribution < 1.29 is 9.53 Å². The van der Waals surface area contributed by atoms with Gasteiger partial charge in [0.2, 0.25) is 0 Å². The molecule has 0 aliphatic carbocycles. The number of carbonyl (C=O) groups excluding carboxylic acids is 1. The molecule has 0 aliphatic rings. The number of allylic oxidation sites excluding steroid dienone is 4. The standard InChI is InChI=1S/C24H28N2O2/c1-19(2)8-7-9-20(3)16-17-25-26-24(27)18-28-23-14-12-22(13-15-23)21-10-5-4-6-11-21/h4-6,8,10-17H,7,9,18H2,1-3H3,(H,26,27)/b20-16+,25-17+. The number of rotatable bonds is 9. The number of ether oxygens (including phenoxy) is 1. The van der Waals surface area contributed by atoms with Gasteiger partial charge in [-0.3, -0.25) is 4.79 Å². The Morgan fingerprint density at radius 2 is 1.68 bits per heavy atom. The van der Waals surface area contributed by atoms with Gasteiger partial charge >= 0.3 is 0 Å². The third-order valence-electron chi connectivity index (χ3n) is 4.05. The summed E-state index contributed by atoms with van der Waals surface area (Å²) in [6.45, 7) is 6.16. The highest BCUT2D eigenvalue weighted by atomic mass is 16.5. The van der Waals surface area contributed by atoms with Crippen LogP contribution in [0.2, 0.25) is 0 Å². The number of hydrazone groups is 1. The Labute approximate surface area is 167 Å². The predicted molar refractivity (Wildman–Crippen MR) is 116 cm³/mol. The molecule has 0 atom stereocenters. The number of carbonyl (C=O) groups is 1. The molecular formula is C24H28N2O2. The first kappa shape index (κ1) is 21.2. The second kappa shape index (κ2) is 11.5. The summed E-state index contributed by atoms with van der Waals surface area (Å²) in [4.78, 5) is 11.8. The van der Waals surface area contributed by atoms with E-state index in [9.17, 15) is 4.79 Å². The maximum absolute atomic E-state index is 11.8. The molecule has 0 saturated carbocycles. The van der Waals surface area contributed by atoms with Gasteiger partial charge in [-0.2, -0.15) is 5.10 Å². The molecule has 146 valence electrons. The Morgan fingerprint density at radius 3 is 2.36 bits per heavy atom. The molecule has 0 unspecified atom stereocenters. The Morgan fingerprint density at radius 1 is 1.00 bits per heavy atom. The van der Waals surface area contributed by atoms with Crippen molar-refractivity contribution in [2.45, 2.75) is 33.6 Å². The van der Waals surface area contributed by atoms with Crippen molar-refractivity contribution >= 4 is 12.1 Å². The lowest BCUT2D eigenvalue weighted by Gasteiger charge is -2.06. The molecule has 2 rings (SSSR count). The zero-order chi connectivity index (χ0) is 20.2. The van der Waals surface area contributed by atoms with Crippen LogP contribution >= 0.6 is 0 Å². The third kappa shape index (κ3) is 8.04. The van der Waals surface area contributed by atoms with Crippen molar-refractivity contribution in [2.24, 2.45) is 5.10 Å². The maximum Gasteiger partial charge on any atom is 0.277 e. The van der Waals surface area contributed by atoms with E-state index in [1.54, 1.807) is 6.21 Å². The second-order valence-corrected chi connectivity index (χ2v) is 6.83. The van der Waals surface area contributed by atoms with Gasteiger partial charge in [0.15, 0.2) is 6.61 Å². The summed E-state index contributed by atoms with van der Waals surface area (Å²) in [6, 6.07) is 17.8. The van der Waals surface area contributed by atoms with Crippen LogP contribution in [-0.2, 0) is 4.79 Å². The summed E-state index contributed by atoms with van der Waals surface area (Å²) in [5, 5.41) is 3.92. The van der Waals surface area contributed by atoms with E-state index in [0.29, 0.717) is 5.75 Å². The van der Waals surface area contributed by atoms with Crippen LogP contribution in [0.15, 0.2) is 83.0 Å². The van der Waals surface area contributed by atoms with Crippen LogP contribution in [0.1, 0.15) is 33.6 Å². The summed E-state index contributed by atoms with van der Waals surface area (Å²) in [5.74, 6) is 0.354. The lowest BCUT2D eigenvalue weighted by molar-refractivity contribution is -0.123. The zero-order valence-corrected chi connectivity index (χ0v) is 16.8. The highest BCUT2D eigenvalue weighted by Crippen LogP contribution is 2.21. The highest BCUT2D eigenvalue weighted by molar-refractivity contribution is 5.80. The fraction of sp³-hybridized carbons (Fsp3) is 0.250. The zero-order valence-electron chi connectivity index (χ0n) is 16.8. The number of amides is 1. The first-order valence-corrected chi connectivity index (χ1v) is 9.44. The average Bonchev–Trinajstić information content (AvgIpc) is 2.70. The third-order valence-corrected chi connectivity index (χ3v) is 4.05. The number of hydrogen-bond acceptors (Lipinski definition) is 3. The van der Waals surface area contributed by atoms with Gasteiger partial charge in [0, 0.05) is 6.21 Å². The van der Waals surface area contributed by atoms with E-state index in [1.807, 2.05) is 48.5 Å². The second-order valence-electron chi connectivity index (χ2n) is 6.83. The van der Waals surface area contributed by atoms with Crippen LogP contribution in [0.5, 0.6) is 5.75 Å². The SMILES string of the molecule is CC(C)=CCC/C(C)=C/C=N/NC(=O)COc1ccc(-c2ccccc2)cc1. The fourth-order valence-corrected chi connectivity index (χ4v) is 2.50. The van der Waals surface area contributed by atoms with Crippen LogP contribution in [0.4, 0.5) is 0 Å². The van der Waals surface area contributed by atoms with Gasteiger partial charge in [-0.15, -0.1) is 0 Å². The molecule has 0 heterocycles. The average molecular weight is 377 g/mol. The van der Waals surface area contributed by atoms with E-state index in [4.69, 9.17) is 4.74 Å². The van der Waals surface area contributed by atoms with Gasteiger partial charge < -0.3 is 4.74 Å². The first-order valence-electron chi connectivity index (χ1n) is 9.44. The monoisotopic (exact) mass is 376 g/mol. The van der Waals surface area contributed by atoms with Crippen LogP contribution < -0.4 is 10.2 Å². The van der Waals surface area contributed by atoms with Crippen LogP contribution in [-0.4, -0.2) is 18.7 Å². The summed E-state index contributed by atoms with van der Waals surface area (Å²) < 4.78 is 5.50. The molecule has 0 aromatic heterocycles. The van der Waals surface area contributed by atoms with E-state index in [2.05, 4.69) is 49.5 Å². The minimum Gasteiger partial charge on any atom is -0.484 e. The molecule has 28 heavy (non-hydrogen) atoms. The highest BCUT2D eigenvalue weighted by Gasteiger charge is 2.02. The van der Waals surface area contributed by atoms with Crippen LogP contribution in [0, 0.1) is 0 Å². The van der Waals surface area contributed by atoms with Crippen molar-refractivity contribution in [3.8, 4) is 16.9 Å². The number of nitrogens with zero attached hydrogens (tertiary/aromatic N) is 1. The smallest absolute Gasteiger partial charge is 0.277 e. The largest absolute Gasteiger partial charge is 0.484 e. The van der Waals surface area contributed by atoms with E-state index < -0.39 is 0 Å². The lowest BCUT2D eigenvalue weighted by atomic mass is 10.1. The minimum atomic E-state index is -0.293. The maximum atomic E-state index is 11.8. The molecule has 2 aromatic rings. The molecule has 1 amide bonds.